The van der Waals surface area contributed by atoms with Crippen molar-refractivity contribution < 1.29 is 4.79 Å². The maximum atomic E-state index is 12.4. The summed E-state index contributed by atoms with van der Waals surface area (Å²) >= 11 is 0. The van der Waals surface area contributed by atoms with E-state index < -0.39 is 0 Å². The van der Waals surface area contributed by atoms with Crippen LogP contribution in [0, 0.1) is 18.8 Å². The summed E-state index contributed by atoms with van der Waals surface area (Å²) in [6, 6.07) is 0. The first kappa shape index (κ1) is 17.2. The zero-order valence-corrected chi connectivity index (χ0v) is 15.7. The summed E-state index contributed by atoms with van der Waals surface area (Å²) in [4.78, 5) is 28.1. The van der Waals surface area contributed by atoms with Gasteiger partial charge in [-0.2, -0.15) is 0 Å². The fraction of sp³-hybridized carbons (Fsp3) is 0.600. The minimum atomic E-state index is 0.311. The second kappa shape index (κ2) is 7.17. The van der Waals surface area contributed by atoms with Crippen molar-refractivity contribution >= 4 is 5.91 Å². The average Bonchev–Trinajstić information content (AvgIpc) is 2.94. The van der Waals surface area contributed by atoms with E-state index in [0.717, 1.165) is 68.1 Å². The van der Waals surface area contributed by atoms with Gasteiger partial charge in [0.1, 0.15) is 11.5 Å². The molecular weight excluding hydrogens is 326 g/mol. The van der Waals surface area contributed by atoms with E-state index in [-0.39, 0.29) is 0 Å². The lowest BCUT2D eigenvalue weighted by molar-refractivity contribution is -0.139. The normalized spacial score (nSPS) is 18.8. The Morgan fingerprint density at radius 2 is 1.85 bits per heavy atom. The van der Waals surface area contributed by atoms with Crippen molar-refractivity contribution in [3.8, 4) is 11.4 Å². The molecule has 2 aromatic rings. The summed E-state index contributed by atoms with van der Waals surface area (Å²) < 4.78 is 2.06. The van der Waals surface area contributed by atoms with E-state index in [4.69, 9.17) is 0 Å². The molecule has 1 aliphatic heterocycles. The fourth-order valence-corrected chi connectivity index (χ4v) is 4.00. The van der Waals surface area contributed by atoms with Gasteiger partial charge in [-0.3, -0.25) is 14.8 Å². The maximum absolute atomic E-state index is 12.4. The first-order chi connectivity index (χ1) is 12.6. The van der Waals surface area contributed by atoms with Crippen LogP contribution in [0.4, 0.5) is 0 Å². The van der Waals surface area contributed by atoms with E-state index in [2.05, 4.69) is 24.4 Å². The fourth-order valence-electron chi connectivity index (χ4n) is 4.00. The molecule has 4 rings (SSSR count). The molecule has 2 aromatic heterocycles. The summed E-state index contributed by atoms with van der Waals surface area (Å²) in [5, 5.41) is 0. The van der Waals surface area contributed by atoms with Crippen LogP contribution in [-0.2, 0) is 18.3 Å². The first-order valence-electron chi connectivity index (χ1n) is 9.71. The molecule has 0 N–H and O–H groups in total. The molecule has 0 spiro atoms. The summed E-state index contributed by atoms with van der Waals surface area (Å²) in [6.07, 6.45) is 11.8. The van der Waals surface area contributed by atoms with Crippen LogP contribution in [0.5, 0.6) is 0 Å². The third kappa shape index (κ3) is 3.24. The van der Waals surface area contributed by atoms with Gasteiger partial charge < -0.3 is 9.47 Å². The molecule has 0 radical (unpaired) electrons. The van der Waals surface area contributed by atoms with Crippen LogP contribution in [0.15, 0.2) is 18.6 Å². The lowest BCUT2D eigenvalue weighted by Gasteiger charge is -2.36. The van der Waals surface area contributed by atoms with Crippen molar-refractivity contribution in [2.45, 2.75) is 45.4 Å². The van der Waals surface area contributed by atoms with E-state index in [9.17, 15) is 4.79 Å². The molecule has 6 nitrogen and oxygen atoms in total. The minimum Gasteiger partial charge on any atom is -0.342 e. The summed E-state index contributed by atoms with van der Waals surface area (Å²) in [5.41, 5.74) is 2.99. The Bertz CT molecular complexity index is 787. The SMILES string of the molecule is Cc1ncc(-c2nccnc2CC2CCN(C(=O)C3CCC3)CC2)n1C. The second-order valence-electron chi connectivity index (χ2n) is 7.70. The number of amides is 1. The van der Waals surface area contributed by atoms with Crippen LogP contribution >= 0.6 is 0 Å². The number of piperidine rings is 1. The zero-order valence-electron chi connectivity index (χ0n) is 15.7. The second-order valence-corrected chi connectivity index (χ2v) is 7.70. The topological polar surface area (TPSA) is 63.9 Å². The van der Waals surface area contributed by atoms with Crippen molar-refractivity contribution in [2.75, 3.05) is 13.1 Å². The molecule has 1 aliphatic carbocycles. The average molecular weight is 353 g/mol. The number of aryl methyl sites for hydroxylation is 1. The predicted octanol–water partition coefficient (Wildman–Crippen LogP) is 2.77. The maximum Gasteiger partial charge on any atom is 0.225 e. The van der Waals surface area contributed by atoms with E-state index >= 15 is 0 Å². The van der Waals surface area contributed by atoms with Crippen LogP contribution in [0.1, 0.15) is 43.6 Å². The number of likely N-dealkylation sites (tertiary alicyclic amines) is 1. The van der Waals surface area contributed by atoms with E-state index in [1.54, 1.807) is 12.4 Å². The number of hydrogen-bond donors (Lipinski definition) is 0. The van der Waals surface area contributed by atoms with Gasteiger partial charge in [0.05, 0.1) is 17.6 Å². The van der Waals surface area contributed by atoms with Gasteiger partial charge in [-0.1, -0.05) is 6.42 Å². The van der Waals surface area contributed by atoms with Gasteiger partial charge in [0.2, 0.25) is 5.91 Å². The number of carbonyl (C=O) groups is 1. The smallest absolute Gasteiger partial charge is 0.225 e. The highest BCUT2D eigenvalue weighted by Gasteiger charge is 2.32. The van der Waals surface area contributed by atoms with Crippen LogP contribution in [0.3, 0.4) is 0 Å². The van der Waals surface area contributed by atoms with Gasteiger partial charge >= 0.3 is 0 Å². The number of hydrogen-bond acceptors (Lipinski definition) is 4. The summed E-state index contributed by atoms with van der Waals surface area (Å²) in [6.45, 7) is 3.77. The van der Waals surface area contributed by atoms with Crippen LogP contribution < -0.4 is 0 Å². The molecule has 0 aromatic carbocycles. The summed E-state index contributed by atoms with van der Waals surface area (Å²) in [5.74, 6) is 2.23. The monoisotopic (exact) mass is 353 g/mol. The van der Waals surface area contributed by atoms with Crippen molar-refractivity contribution in [2.24, 2.45) is 18.9 Å². The Kier molecular flexibility index (Phi) is 4.74. The molecule has 0 unspecified atom stereocenters. The van der Waals surface area contributed by atoms with Crippen LogP contribution in [-0.4, -0.2) is 43.4 Å². The van der Waals surface area contributed by atoms with Crippen molar-refractivity contribution in [3.05, 3.63) is 30.1 Å². The van der Waals surface area contributed by atoms with Gasteiger partial charge in [-0.05, 0) is 44.9 Å². The van der Waals surface area contributed by atoms with Gasteiger partial charge in [-0.25, -0.2) is 4.98 Å². The van der Waals surface area contributed by atoms with Gasteiger partial charge in [0.25, 0.3) is 0 Å². The molecule has 1 amide bonds. The third-order valence-electron chi connectivity index (χ3n) is 6.10. The van der Waals surface area contributed by atoms with E-state index in [0.29, 0.717) is 17.7 Å². The number of aromatic nitrogens is 4. The quantitative estimate of drug-likeness (QED) is 0.848. The Morgan fingerprint density at radius 1 is 1.12 bits per heavy atom. The molecule has 138 valence electrons. The van der Waals surface area contributed by atoms with Crippen LogP contribution in [0.2, 0.25) is 0 Å². The molecule has 6 heteroatoms. The molecular formula is C20H27N5O. The van der Waals surface area contributed by atoms with Crippen molar-refractivity contribution in [1.29, 1.82) is 0 Å². The lowest BCUT2D eigenvalue weighted by atomic mass is 9.83. The molecule has 1 saturated carbocycles. The zero-order chi connectivity index (χ0) is 18.1. The van der Waals surface area contributed by atoms with Crippen molar-refractivity contribution in [3.63, 3.8) is 0 Å². The number of nitrogens with zero attached hydrogens (tertiary/aromatic N) is 5. The summed E-state index contributed by atoms with van der Waals surface area (Å²) in [7, 11) is 2.01. The predicted molar refractivity (Wildman–Crippen MR) is 99.3 cm³/mol. The number of rotatable bonds is 4. The van der Waals surface area contributed by atoms with E-state index in [1.807, 2.05) is 20.2 Å². The molecule has 3 heterocycles. The molecule has 0 atom stereocenters. The molecule has 2 fully saturated rings. The van der Waals surface area contributed by atoms with E-state index in [1.165, 1.54) is 6.42 Å². The highest BCUT2D eigenvalue weighted by Crippen LogP contribution is 2.31. The Labute approximate surface area is 154 Å². The third-order valence-corrected chi connectivity index (χ3v) is 6.10. The Morgan fingerprint density at radius 3 is 2.46 bits per heavy atom. The van der Waals surface area contributed by atoms with Gasteiger partial charge in [0.15, 0.2) is 0 Å². The van der Waals surface area contributed by atoms with Gasteiger partial charge in [-0.15, -0.1) is 0 Å². The van der Waals surface area contributed by atoms with Gasteiger partial charge in [0, 0.05) is 38.4 Å². The molecule has 26 heavy (non-hydrogen) atoms. The standard InChI is InChI=1S/C20H27N5O/c1-14-23-13-18(24(14)2)19-17(21-8-9-22-19)12-15-6-10-25(11-7-15)20(26)16-4-3-5-16/h8-9,13,15-16H,3-7,10-12H2,1-2H3. The largest absolute Gasteiger partial charge is 0.342 e. The molecule has 0 bridgehead atoms. The van der Waals surface area contributed by atoms with Crippen molar-refractivity contribution in [1.82, 2.24) is 24.4 Å². The number of imidazole rings is 1. The minimum absolute atomic E-state index is 0.311. The van der Waals surface area contributed by atoms with Crippen LogP contribution in [0.25, 0.3) is 11.4 Å². The number of carbonyl (C=O) groups excluding carboxylic acids is 1. The molecule has 1 saturated heterocycles. The molecule has 2 aliphatic rings. The Balaban J connectivity index is 1.42. The first-order valence-corrected chi connectivity index (χ1v) is 9.71. The highest BCUT2D eigenvalue weighted by atomic mass is 16.2. The lowest BCUT2D eigenvalue weighted by Crippen LogP contribution is -2.43. The Hall–Kier alpha value is -2.24. The highest BCUT2D eigenvalue weighted by molar-refractivity contribution is 5.79.